The number of amides is 1. The van der Waals surface area contributed by atoms with Gasteiger partial charge in [0.1, 0.15) is 0 Å². The van der Waals surface area contributed by atoms with E-state index in [-0.39, 0.29) is 11.6 Å². The third-order valence-corrected chi connectivity index (χ3v) is 5.04. The Morgan fingerprint density at radius 2 is 1.72 bits per heavy atom. The van der Waals surface area contributed by atoms with Gasteiger partial charge in [0.15, 0.2) is 16.9 Å². The minimum atomic E-state index is -0.907. The van der Waals surface area contributed by atoms with Gasteiger partial charge in [-0.25, -0.2) is 9.78 Å². The van der Waals surface area contributed by atoms with Gasteiger partial charge >= 0.3 is 5.97 Å². The van der Waals surface area contributed by atoms with Crippen molar-refractivity contribution in [3.05, 3.63) is 82.4 Å². The number of carbonyl (C=O) groups is 2. The Kier molecular flexibility index (Phi) is 6.97. The van der Waals surface area contributed by atoms with E-state index >= 15 is 0 Å². The summed E-state index contributed by atoms with van der Waals surface area (Å²) >= 11 is 1.32. The van der Waals surface area contributed by atoms with Crippen LogP contribution in [0.3, 0.4) is 0 Å². The summed E-state index contributed by atoms with van der Waals surface area (Å²) in [6.45, 7) is 4.54. The Morgan fingerprint density at radius 1 is 1.03 bits per heavy atom. The average Bonchev–Trinajstić information content (AvgIpc) is 3.21. The SMILES string of the molecule is Cc1ccc(CNC(=O)[C@H](C)OC(=O)c2csc(NCc3ccccc3)n2)cc1. The van der Waals surface area contributed by atoms with Crippen LogP contribution in [0.15, 0.2) is 60.0 Å². The molecule has 29 heavy (non-hydrogen) atoms. The van der Waals surface area contributed by atoms with Crippen LogP contribution in [0.2, 0.25) is 0 Å². The maximum Gasteiger partial charge on any atom is 0.358 e. The number of esters is 1. The lowest BCUT2D eigenvalue weighted by Crippen LogP contribution is -2.35. The van der Waals surface area contributed by atoms with Gasteiger partial charge in [-0.3, -0.25) is 4.79 Å². The zero-order chi connectivity index (χ0) is 20.6. The van der Waals surface area contributed by atoms with Crippen molar-refractivity contribution in [2.24, 2.45) is 0 Å². The van der Waals surface area contributed by atoms with E-state index in [9.17, 15) is 9.59 Å². The quantitative estimate of drug-likeness (QED) is 0.551. The van der Waals surface area contributed by atoms with Crippen molar-refractivity contribution in [2.45, 2.75) is 33.0 Å². The molecule has 1 aromatic heterocycles. The van der Waals surface area contributed by atoms with Crippen LogP contribution in [0, 0.1) is 6.92 Å². The topological polar surface area (TPSA) is 80.3 Å². The van der Waals surface area contributed by atoms with Crippen molar-refractivity contribution in [1.29, 1.82) is 0 Å². The molecular formula is C22H23N3O3S. The zero-order valence-corrected chi connectivity index (χ0v) is 17.2. The van der Waals surface area contributed by atoms with Crippen LogP contribution in [0.25, 0.3) is 0 Å². The van der Waals surface area contributed by atoms with Crippen LogP contribution in [-0.2, 0) is 22.6 Å². The molecule has 3 rings (SSSR count). The molecule has 0 radical (unpaired) electrons. The Balaban J connectivity index is 1.47. The first-order chi connectivity index (χ1) is 14.0. The second kappa shape index (κ2) is 9.84. The summed E-state index contributed by atoms with van der Waals surface area (Å²) in [7, 11) is 0. The molecule has 2 N–H and O–H groups in total. The van der Waals surface area contributed by atoms with Gasteiger partial charge in [-0.05, 0) is 25.0 Å². The molecule has 3 aromatic rings. The van der Waals surface area contributed by atoms with Crippen molar-refractivity contribution in [3.8, 4) is 0 Å². The Labute approximate surface area is 173 Å². The third-order valence-electron chi connectivity index (χ3n) is 4.24. The summed E-state index contributed by atoms with van der Waals surface area (Å²) in [5, 5.41) is 8.19. The number of anilines is 1. The van der Waals surface area contributed by atoms with E-state index in [0.29, 0.717) is 18.2 Å². The number of hydrogen-bond acceptors (Lipinski definition) is 6. The molecule has 1 atom stereocenters. The fourth-order valence-corrected chi connectivity index (χ4v) is 3.21. The summed E-state index contributed by atoms with van der Waals surface area (Å²) in [5.41, 5.74) is 3.44. The highest BCUT2D eigenvalue weighted by Gasteiger charge is 2.20. The molecule has 6 nitrogen and oxygen atoms in total. The number of nitrogens with one attached hydrogen (secondary N) is 2. The summed E-state index contributed by atoms with van der Waals surface area (Å²) in [6.07, 6.45) is -0.907. The molecule has 1 amide bonds. The lowest BCUT2D eigenvalue weighted by atomic mass is 10.1. The number of thiazole rings is 1. The largest absolute Gasteiger partial charge is 0.448 e. The van der Waals surface area contributed by atoms with Crippen LogP contribution in [0.5, 0.6) is 0 Å². The van der Waals surface area contributed by atoms with Crippen molar-refractivity contribution >= 4 is 28.3 Å². The Bertz CT molecular complexity index is 955. The van der Waals surface area contributed by atoms with Crippen LogP contribution in [-0.4, -0.2) is 23.0 Å². The molecule has 2 aromatic carbocycles. The molecule has 150 valence electrons. The van der Waals surface area contributed by atoms with Crippen LogP contribution < -0.4 is 10.6 Å². The molecule has 0 aliphatic carbocycles. The van der Waals surface area contributed by atoms with Gasteiger partial charge in [-0.1, -0.05) is 60.2 Å². The minimum absolute atomic E-state index is 0.184. The second-order valence-electron chi connectivity index (χ2n) is 6.63. The fourth-order valence-electron chi connectivity index (χ4n) is 2.54. The van der Waals surface area contributed by atoms with E-state index in [4.69, 9.17) is 4.74 Å². The maximum atomic E-state index is 12.3. The van der Waals surface area contributed by atoms with E-state index in [1.165, 1.54) is 11.3 Å². The first-order valence-corrected chi connectivity index (χ1v) is 10.2. The lowest BCUT2D eigenvalue weighted by Gasteiger charge is -2.13. The molecule has 0 saturated carbocycles. The predicted molar refractivity (Wildman–Crippen MR) is 114 cm³/mol. The number of ether oxygens (including phenoxy) is 1. The van der Waals surface area contributed by atoms with Gasteiger partial charge in [0.2, 0.25) is 0 Å². The second-order valence-corrected chi connectivity index (χ2v) is 7.49. The molecule has 0 aliphatic heterocycles. The van der Waals surface area contributed by atoms with Gasteiger partial charge in [0, 0.05) is 18.5 Å². The molecule has 1 heterocycles. The highest BCUT2D eigenvalue weighted by atomic mass is 32.1. The summed E-state index contributed by atoms with van der Waals surface area (Å²) < 4.78 is 5.25. The van der Waals surface area contributed by atoms with E-state index in [1.807, 2.05) is 61.5 Å². The van der Waals surface area contributed by atoms with Crippen molar-refractivity contribution < 1.29 is 14.3 Å². The lowest BCUT2D eigenvalue weighted by molar-refractivity contribution is -0.129. The van der Waals surface area contributed by atoms with Crippen LogP contribution in [0.1, 0.15) is 34.1 Å². The number of hydrogen-bond donors (Lipinski definition) is 2. The summed E-state index contributed by atoms with van der Waals surface area (Å²) in [4.78, 5) is 28.7. The summed E-state index contributed by atoms with van der Waals surface area (Å²) in [6, 6.07) is 17.8. The van der Waals surface area contributed by atoms with Crippen LogP contribution in [0.4, 0.5) is 5.13 Å². The number of carbonyl (C=O) groups excluding carboxylic acids is 2. The van der Waals surface area contributed by atoms with E-state index in [2.05, 4.69) is 15.6 Å². The van der Waals surface area contributed by atoms with Gasteiger partial charge in [0.25, 0.3) is 5.91 Å². The first-order valence-electron chi connectivity index (χ1n) is 9.29. The zero-order valence-electron chi connectivity index (χ0n) is 16.3. The molecule has 0 bridgehead atoms. The van der Waals surface area contributed by atoms with E-state index < -0.39 is 12.1 Å². The van der Waals surface area contributed by atoms with Crippen molar-refractivity contribution in [1.82, 2.24) is 10.3 Å². The molecule has 0 aliphatic rings. The smallest absolute Gasteiger partial charge is 0.358 e. The Morgan fingerprint density at radius 3 is 2.45 bits per heavy atom. The minimum Gasteiger partial charge on any atom is -0.448 e. The van der Waals surface area contributed by atoms with Gasteiger partial charge < -0.3 is 15.4 Å². The maximum absolute atomic E-state index is 12.3. The number of aromatic nitrogens is 1. The molecule has 0 unspecified atom stereocenters. The fraction of sp³-hybridized carbons (Fsp3) is 0.227. The van der Waals surface area contributed by atoms with E-state index in [0.717, 1.165) is 16.7 Å². The van der Waals surface area contributed by atoms with Gasteiger partial charge in [-0.2, -0.15) is 0 Å². The average molecular weight is 410 g/mol. The highest BCUT2D eigenvalue weighted by molar-refractivity contribution is 7.13. The molecular weight excluding hydrogens is 386 g/mol. The standard InChI is InChI=1S/C22H23N3O3S/c1-15-8-10-18(11-9-15)12-23-20(26)16(2)28-21(27)19-14-29-22(25-19)24-13-17-6-4-3-5-7-17/h3-11,14,16H,12-13H2,1-2H3,(H,23,26)(H,24,25)/t16-/m0/s1. The number of rotatable bonds is 8. The number of aryl methyl sites for hydroxylation is 1. The molecule has 0 saturated heterocycles. The Hall–Kier alpha value is -3.19. The third kappa shape index (κ3) is 6.15. The number of benzene rings is 2. The van der Waals surface area contributed by atoms with E-state index in [1.54, 1.807) is 12.3 Å². The predicted octanol–water partition coefficient (Wildman–Crippen LogP) is 3.93. The normalized spacial score (nSPS) is 11.5. The summed E-state index contributed by atoms with van der Waals surface area (Å²) in [5.74, 6) is -0.969. The molecule has 0 fully saturated rings. The van der Waals surface area contributed by atoms with Gasteiger partial charge in [-0.15, -0.1) is 11.3 Å². The first kappa shape index (κ1) is 20.5. The highest BCUT2D eigenvalue weighted by Crippen LogP contribution is 2.17. The van der Waals surface area contributed by atoms with Crippen molar-refractivity contribution in [2.75, 3.05) is 5.32 Å². The molecule has 7 heteroatoms. The monoisotopic (exact) mass is 409 g/mol. The molecule has 0 spiro atoms. The van der Waals surface area contributed by atoms with Gasteiger partial charge in [0.05, 0.1) is 0 Å². The number of nitrogens with zero attached hydrogens (tertiary/aromatic N) is 1. The van der Waals surface area contributed by atoms with Crippen molar-refractivity contribution in [3.63, 3.8) is 0 Å². The van der Waals surface area contributed by atoms with Crippen LogP contribution >= 0.6 is 11.3 Å².